The van der Waals surface area contributed by atoms with E-state index in [4.69, 9.17) is 24.3 Å². The van der Waals surface area contributed by atoms with Gasteiger partial charge in [0.25, 0.3) is 0 Å². The van der Waals surface area contributed by atoms with Crippen LogP contribution in [-0.4, -0.2) is 49.3 Å². The Morgan fingerprint density at radius 2 is 1.10 bits per heavy atom. The van der Waals surface area contributed by atoms with Gasteiger partial charge in [-0.1, -0.05) is 147 Å². The SMILES string of the molecule is CCCCCCCCCCC/C=C/C/C=C/CCCC(=O)O[C@H](COC(=O)CCCCCCCCCCCC)COP(=O)(O)OCCN. The minimum Gasteiger partial charge on any atom is -0.462 e. The van der Waals surface area contributed by atoms with E-state index in [2.05, 4.69) is 38.2 Å². The molecule has 0 spiro atoms. The highest BCUT2D eigenvalue weighted by Crippen LogP contribution is 2.43. The van der Waals surface area contributed by atoms with Crippen molar-refractivity contribution in [2.75, 3.05) is 26.4 Å². The van der Waals surface area contributed by atoms with Gasteiger partial charge in [0.1, 0.15) is 6.61 Å². The van der Waals surface area contributed by atoms with Gasteiger partial charge in [-0.15, -0.1) is 0 Å². The molecule has 0 saturated carbocycles. The molecule has 0 heterocycles. The number of carbonyl (C=O) groups excluding carboxylic acids is 2. The van der Waals surface area contributed by atoms with Crippen LogP contribution in [0.15, 0.2) is 24.3 Å². The van der Waals surface area contributed by atoms with Crippen molar-refractivity contribution in [2.24, 2.45) is 5.73 Å². The monoisotopic (exact) mass is 701 g/mol. The zero-order valence-corrected chi connectivity index (χ0v) is 31.6. The summed E-state index contributed by atoms with van der Waals surface area (Å²) in [6, 6.07) is 0. The second kappa shape index (κ2) is 35.3. The van der Waals surface area contributed by atoms with Crippen LogP contribution in [-0.2, 0) is 32.7 Å². The summed E-state index contributed by atoms with van der Waals surface area (Å²) in [5, 5.41) is 0. The standard InChI is InChI=1S/C38H72NO8P/c1-3-5-7-9-11-13-15-16-17-18-19-20-21-23-25-27-29-31-38(41)47-36(35-46-48(42,43)45-33-32-39)34-44-37(40)30-28-26-24-22-14-12-10-8-6-4-2/h19-20,23,25,36H,3-18,21-22,24,26-35,39H2,1-2H3,(H,42,43)/b20-19+,25-23+/t36-/m1/s1. The number of ether oxygens (including phenoxy) is 2. The minimum absolute atomic E-state index is 0.0486. The Bertz CT molecular complexity index is 851. The Morgan fingerprint density at radius 3 is 1.65 bits per heavy atom. The summed E-state index contributed by atoms with van der Waals surface area (Å²) in [4.78, 5) is 34.6. The van der Waals surface area contributed by atoms with Crippen molar-refractivity contribution in [3.8, 4) is 0 Å². The predicted octanol–water partition coefficient (Wildman–Crippen LogP) is 10.4. The molecule has 0 aromatic carbocycles. The maximum Gasteiger partial charge on any atom is 0.472 e. The summed E-state index contributed by atoms with van der Waals surface area (Å²) in [5.41, 5.74) is 5.32. The maximum absolute atomic E-state index is 12.5. The molecule has 0 rings (SSSR count). The van der Waals surface area contributed by atoms with Crippen LogP contribution < -0.4 is 5.73 Å². The lowest BCUT2D eigenvalue weighted by molar-refractivity contribution is -0.161. The largest absolute Gasteiger partial charge is 0.472 e. The minimum atomic E-state index is -4.38. The fourth-order valence-corrected chi connectivity index (χ4v) is 5.97. The number of phosphoric acid groups is 1. The van der Waals surface area contributed by atoms with Crippen molar-refractivity contribution in [1.29, 1.82) is 0 Å². The highest BCUT2D eigenvalue weighted by molar-refractivity contribution is 7.47. The molecule has 2 atom stereocenters. The van der Waals surface area contributed by atoms with Crippen LogP contribution in [0.4, 0.5) is 0 Å². The number of rotatable bonds is 36. The third-order valence-electron chi connectivity index (χ3n) is 8.09. The lowest BCUT2D eigenvalue weighted by Crippen LogP contribution is -2.29. The number of allylic oxidation sites excluding steroid dienone is 4. The number of hydrogen-bond donors (Lipinski definition) is 2. The fraction of sp³-hybridized carbons (Fsp3) is 0.842. The number of nitrogens with two attached hydrogens (primary N) is 1. The molecular formula is C38H72NO8P. The van der Waals surface area contributed by atoms with Gasteiger partial charge in [-0.2, -0.15) is 0 Å². The molecule has 48 heavy (non-hydrogen) atoms. The Balaban J connectivity index is 4.26. The van der Waals surface area contributed by atoms with Gasteiger partial charge in [-0.3, -0.25) is 18.6 Å². The van der Waals surface area contributed by atoms with E-state index in [0.717, 1.165) is 38.5 Å². The van der Waals surface area contributed by atoms with E-state index in [1.165, 1.54) is 103 Å². The zero-order valence-electron chi connectivity index (χ0n) is 30.7. The van der Waals surface area contributed by atoms with E-state index in [1.54, 1.807) is 0 Å². The Labute approximate surface area is 293 Å². The smallest absolute Gasteiger partial charge is 0.462 e. The van der Waals surface area contributed by atoms with E-state index in [9.17, 15) is 19.0 Å². The summed E-state index contributed by atoms with van der Waals surface area (Å²) in [7, 11) is -4.38. The van der Waals surface area contributed by atoms with Gasteiger partial charge in [0.15, 0.2) is 6.10 Å². The first kappa shape index (κ1) is 46.5. The van der Waals surface area contributed by atoms with Crippen molar-refractivity contribution in [3.05, 3.63) is 24.3 Å². The maximum atomic E-state index is 12.5. The number of unbranched alkanes of at least 4 members (excludes halogenated alkanes) is 19. The summed E-state index contributed by atoms with van der Waals surface area (Å²) >= 11 is 0. The third-order valence-corrected chi connectivity index (χ3v) is 9.07. The van der Waals surface area contributed by atoms with Crippen molar-refractivity contribution in [3.63, 3.8) is 0 Å². The van der Waals surface area contributed by atoms with Gasteiger partial charge < -0.3 is 20.1 Å². The molecule has 282 valence electrons. The molecule has 10 heteroatoms. The van der Waals surface area contributed by atoms with Crippen molar-refractivity contribution in [1.82, 2.24) is 0 Å². The van der Waals surface area contributed by atoms with Gasteiger partial charge in [-0.25, -0.2) is 4.57 Å². The first-order chi connectivity index (χ1) is 23.3. The number of esters is 2. The molecular weight excluding hydrogens is 629 g/mol. The van der Waals surface area contributed by atoms with E-state index in [0.29, 0.717) is 6.42 Å². The molecule has 0 aromatic rings. The first-order valence-electron chi connectivity index (χ1n) is 19.3. The topological polar surface area (TPSA) is 134 Å². The van der Waals surface area contributed by atoms with E-state index < -0.39 is 32.5 Å². The Hall–Kier alpha value is -1.51. The van der Waals surface area contributed by atoms with Crippen LogP contribution in [0.2, 0.25) is 0 Å². The molecule has 0 aliphatic rings. The molecule has 0 amide bonds. The summed E-state index contributed by atoms with van der Waals surface area (Å²) in [5.74, 6) is -0.881. The van der Waals surface area contributed by atoms with Crippen molar-refractivity contribution < 1.29 is 37.6 Å². The molecule has 0 radical (unpaired) electrons. The van der Waals surface area contributed by atoms with Crippen LogP contribution in [0.25, 0.3) is 0 Å². The van der Waals surface area contributed by atoms with Gasteiger partial charge in [0.05, 0.1) is 13.2 Å². The average molecular weight is 702 g/mol. The molecule has 9 nitrogen and oxygen atoms in total. The third kappa shape index (κ3) is 34.4. The Morgan fingerprint density at radius 1 is 0.625 bits per heavy atom. The van der Waals surface area contributed by atoms with E-state index in [1.807, 2.05) is 0 Å². The lowest BCUT2D eigenvalue weighted by Gasteiger charge is -2.19. The van der Waals surface area contributed by atoms with Crippen LogP contribution >= 0.6 is 7.82 Å². The van der Waals surface area contributed by atoms with Gasteiger partial charge in [0, 0.05) is 19.4 Å². The van der Waals surface area contributed by atoms with Crippen LogP contribution in [0.3, 0.4) is 0 Å². The quantitative estimate of drug-likeness (QED) is 0.0283. The van der Waals surface area contributed by atoms with Crippen LogP contribution in [0.5, 0.6) is 0 Å². The van der Waals surface area contributed by atoms with Crippen LogP contribution in [0, 0.1) is 0 Å². The van der Waals surface area contributed by atoms with Crippen LogP contribution in [0.1, 0.15) is 174 Å². The molecule has 0 fully saturated rings. The van der Waals surface area contributed by atoms with E-state index >= 15 is 0 Å². The van der Waals surface area contributed by atoms with Crippen molar-refractivity contribution in [2.45, 2.75) is 180 Å². The van der Waals surface area contributed by atoms with Gasteiger partial charge in [0.2, 0.25) is 0 Å². The molecule has 1 unspecified atom stereocenters. The molecule has 0 saturated heterocycles. The molecule has 0 aliphatic heterocycles. The lowest BCUT2D eigenvalue weighted by atomic mass is 10.1. The van der Waals surface area contributed by atoms with Gasteiger partial charge in [-0.05, 0) is 38.5 Å². The van der Waals surface area contributed by atoms with Gasteiger partial charge >= 0.3 is 19.8 Å². The van der Waals surface area contributed by atoms with Crippen molar-refractivity contribution >= 4 is 19.8 Å². The number of carbonyl (C=O) groups is 2. The predicted molar refractivity (Wildman–Crippen MR) is 197 cm³/mol. The molecule has 0 aliphatic carbocycles. The summed E-state index contributed by atoms with van der Waals surface area (Å²) < 4.78 is 32.6. The second-order valence-electron chi connectivity index (χ2n) is 12.8. The fourth-order valence-electron chi connectivity index (χ4n) is 5.20. The first-order valence-corrected chi connectivity index (χ1v) is 20.8. The second-order valence-corrected chi connectivity index (χ2v) is 14.3. The summed E-state index contributed by atoms with van der Waals surface area (Å²) in [6.45, 7) is 3.66. The summed E-state index contributed by atoms with van der Waals surface area (Å²) in [6.07, 6.45) is 35.1. The number of hydrogen-bond acceptors (Lipinski definition) is 8. The van der Waals surface area contributed by atoms with E-state index in [-0.39, 0.29) is 32.6 Å². The zero-order chi connectivity index (χ0) is 35.4. The Kier molecular flexibility index (Phi) is 34.2. The molecule has 3 N–H and O–H groups in total. The highest BCUT2D eigenvalue weighted by atomic mass is 31.2. The molecule has 0 aromatic heterocycles. The average Bonchev–Trinajstić information content (AvgIpc) is 3.07. The highest BCUT2D eigenvalue weighted by Gasteiger charge is 2.25. The normalized spacial score (nSPS) is 13.7. The molecule has 0 bridgehead atoms. The number of phosphoric ester groups is 1.